The van der Waals surface area contributed by atoms with E-state index < -0.39 is 0 Å². The fraction of sp³-hybridized carbons (Fsp3) is 0.385. The molecule has 0 saturated heterocycles. The molecule has 1 aliphatic heterocycles. The first kappa shape index (κ1) is 10.4. The SMILES string of the molecule is CC1(C)CNCc2c1[nH]c1ccc(Br)cc21. The lowest BCUT2D eigenvalue weighted by atomic mass is 9.84. The average Bonchev–Trinajstić information content (AvgIpc) is 2.58. The molecule has 2 nitrogen and oxygen atoms in total. The van der Waals surface area contributed by atoms with Gasteiger partial charge in [-0.2, -0.15) is 0 Å². The number of halogens is 1. The summed E-state index contributed by atoms with van der Waals surface area (Å²) < 4.78 is 1.14. The van der Waals surface area contributed by atoms with Gasteiger partial charge in [0, 0.05) is 39.6 Å². The second-order valence-corrected chi connectivity index (χ2v) is 6.07. The van der Waals surface area contributed by atoms with Crippen molar-refractivity contribution in [3.63, 3.8) is 0 Å². The van der Waals surface area contributed by atoms with E-state index in [1.54, 1.807) is 0 Å². The van der Waals surface area contributed by atoms with E-state index in [-0.39, 0.29) is 5.41 Å². The van der Waals surface area contributed by atoms with Gasteiger partial charge in [0.25, 0.3) is 0 Å². The lowest BCUT2D eigenvalue weighted by Gasteiger charge is -2.30. The third kappa shape index (κ3) is 1.42. The Hall–Kier alpha value is -0.800. The smallest absolute Gasteiger partial charge is 0.0460 e. The van der Waals surface area contributed by atoms with Crippen LogP contribution in [-0.4, -0.2) is 11.5 Å². The van der Waals surface area contributed by atoms with Crippen LogP contribution in [0.4, 0.5) is 0 Å². The third-order valence-corrected chi connectivity index (χ3v) is 3.91. The molecule has 1 aromatic carbocycles. The second-order valence-electron chi connectivity index (χ2n) is 5.16. The third-order valence-electron chi connectivity index (χ3n) is 3.41. The van der Waals surface area contributed by atoms with Gasteiger partial charge in [0.2, 0.25) is 0 Å². The first-order chi connectivity index (χ1) is 7.58. The molecule has 0 atom stereocenters. The van der Waals surface area contributed by atoms with Crippen molar-refractivity contribution in [2.24, 2.45) is 0 Å². The maximum absolute atomic E-state index is 3.57. The van der Waals surface area contributed by atoms with Crippen LogP contribution in [-0.2, 0) is 12.0 Å². The summed E-state index contributed by atoms with van der Waals surface area (Å²) in [4.78, 5) is 3.57. The van der Waals surface area contributed by atoms with Crippen LogP contribution in [0.2, 0.25) is 0 Å². The molecule has 3 heteroatoms. The fourth-order valence-electron chi connectivity index (χ4n) is 2.57. The topological polar surface area (TPSA) is 27.8 Å². The maximum Gasteiger partial charge on any atom is 0.0460 e. The Labute approximate surface area is 104 Å². The van der Waals surface area contributed by atoms with Crippen molar-refractivity contribution in [3.8, 4) is 0 Å². The standard InChI is InChI=1S/C13H15BrN2/c1-13(2)7-15-6-10-9-5-8(14)3-4-11(9)16-12(10)13/h3-5,15-16H,6-7H2,1-2H3. The molecule has 2 aromatic rings. The van der Waals surface area contributed by atoms with E-state index >= 15 is 0 Å². The number of hydrogen-bond acceptors (Lipinski definition) is 1. The number of benzene rings is 1. The molecule has 3 rings (SSSR count). The van der Waals surface area contributed by atoms with Crippen LogP contribution in [0.3, 0.4) is 0 Å². The molecular formula is C13H15BrN2. The highest BCUT2D eigenvalue weighted by Crippen LogP contribution is 2.34. The lowest BCUT2D eigenvalue weighted by molar-refractivity contribution is 0.427. The first-order valence-electron chi connectivity index (χ1n) is 5.59. The molecule has 0 saturated carbocycles. The zero-order valence-electron chi connectivity index (χ0n) is 9.52. The van der Waals surface area contributed by atoms with E-state index in [9.17, 15) is 0 Å². The summed E-state index contributed by atoms with van der Waals surface area (Å²) >= 11 is 3.54. The van der Waals surface area contributed by atoms with Gasteiger partial charge in [-0.15, -0.1) is 0 Å². The highest BCUT2D eigenvalue weighted by atomic mass is 79.9. The summed E-state index contributed by atoms with van der Waals surface area (Å²) in [5.41, 5.74) is 4.25. The number of hydrogen-bond donors (Lipinski definition) is 2. The number of rotatable bonds is 0. The van der Waals surface area contributed by atoms with Gasteiger partial charge in [-0.1, -0.05) is 29.8 Å². The minimum Gasteiger partial charge on any atom is -0.358 e. The van der Waals surface area contributed by atoms with Crippen molar-refractivity contribution in [2.75, 3.05) is 6.54 Å². The Morgan fingerprint density at radius 3 is 2.94 bits per heavy atom. The fourth-order valence-corrected chi connectivity index (χ4v) is 2.93. The van der Waals surface area contributed by atoms with Crippen LogP contribution >= 0.6 is 15.9 Å². The van der Waals surface area contributed by atoms with E-state index in [4.69, 9.17) is 0 Å². The van der Waals surface area contributed by atoms with Crippen molar-refractivity contribution in [3.05, 3.63) is 33.9 Å². The first-order valence-corrected chi connectivity index (χ1v) is 6.38. The lowest BCUT2D eigenvalue weighted by Crippen LogP contribution is -2.38. The van der Waals surface area contributed by atoms with Crippen LogP contribution in [0.15, 0.2) is 22.7 Å². The van der Waals surface area contributed by atoms with E-state index in [0.29, 0.717) is 0 Å². The quantitative estimate of drug-likeness (QED) is 0.760. The molecule has 84 valence electrons. The summed E-state index contributed by atoms with van der Waals surface area (Å²) in [7, 11) is 0. The monoisotopic (exact) mass is 278 g/mol. The normalized spacial score (nSPS) is 18.7. The van der Waals surface area contributed by atoms with Gasteiger partial charge in [0.05, 0.1) is 0 Å². The number of H-pyrrole nitrogens is 1. The Bertz CT molecular complexity index is 554. The molecule has 1 aliphatic rings. The molecule has 2 N–H and O–H groups in total. The van der Waals surface area contributed by atoms with Gasteiger partial charge in [0.15, 0.2) is 0 Å². The van der Waals surface area contributed by atoms with Gasteiger partial charge < -0.3 is 10.3 Å². The predicted octanol–water partition coefficient (Wildman–Crippen LogP) is 3.31. The summed E-state index contributed by atoms with van der Waals surface area (Å²) in [5.74, 6) is 0. The molecular weight excluding hydrogens is 264 g/mol. The highest BCUT2D eigenvalue weighted by Gasteiger charge is 2.30. The number of fused-ring (bicyclic) bond motifs is 3. The molecule has 0 bridgehead atoms. The average molecular weight is 279 g/mol. The van der Waals surface area contributed by atoms with Crippen molar-refractivity contribution >= 4 is 26.8 Å². The van der Waals surface area contributed by atoms with Crippen LogP contribution in [0, 0.1) is 0 Å². The van der Waals surface area contributed by atoms with Gasteiger partial charge >= 0.3 is 0 Å². The largest absolute Gasteiger partial charge is 0.358 e. The van der Waals surface area contributed by atoms with Gasteiger partial charge in [-0.05, 0) is 23.8 Å². The predicted molar refractivity (Wildman–Crippen MR) is 70.7 cm³/mol. The second kappa shape index (κ2) is 3.34. The number of nitrogens with one attached hydrogen (secondary N) is 2. The maximum atomic E-state index is 3.57. The Morgan fingerprint density at radius 1 is 1.31 bits per heavy atom. The van der Waals surface area contributed by atoms with E-state index in [1.807, 2.05) is 0 Å². The molecule has 1 aromatic heterocycles. The zero-order valence-corrected chi connectivity index (χ0v) is 11.1. The summed E-state index contributed by atoms with van der Waals surface area (Å²) in [6.45, 7) is 6.56. The van der Waals surface area contributed by atoms with Crippen molar-refractivity contribution < 1.29 is 0 Å². The number of aromatic nitrogens is 1. The summed E-state index contributed by atoms with van der Waals surface area (Å²) in [5, 5.41) is 4.83. The molecule has 0 fully saturated rings. The molecule has 0 spiro atoms. The van der Waals surface area contributed by atoms with Crippen molar-refractivity contribution in [1.82, 2.24) is 10.3 Å². The van der Waals surface area contributed by atoms with E-state index in [2.05, 4.69) is 58.3 Å². The van der Waals surface area contributed by atoms with E-state index in [1.165, 1.54) is 22.2 Å². The van der Waals surface area contributed by atoms with Gasteiger partial charge in [0.1, 0.15) is 0 Å². The van der Waals surface area contributed by atoms with Crippen molar-refractivity contribution in [1.29, 1.82) is 0 Å². The van der Waals surface area contributed by atoms with Gasteiger partial charge in [-0.25, -0.2) is 0 Å². The van der Waals surface area contributed by atoms with Gasteiger partial charge in [-0.3, -0.25) is 0 Å². The van der Waals surface area contributed by atoms with Crippen LogP contribution in [0.1, 0.15) is 25.1 Å². The minimum absolute atomic E-state index is 0.194. The molecule has 0 radical (unpaired) electrons. The zero-order chi connectivity index (χ0) is 11.3. The molecule has 0 unspecified atom stereocenters. The Morgan fingerprint density at radius 2 is 2.12 bits per heavy atom. The summed E-state index contributed by atoms with van der Waals surface area (Å²) in [6, 6.07) is 6.44. The molecule has 0 amide bonds. The van der Waals surface area contributed by atoms with Crippen LogP contribution in [0.5, 0.6) is 0 Å². The summed E-state index contributed by atoms with van der Waals surface area (Å²) in [6.07, 6.45) is 0. The van der Waals surface area contributed by atoms with Crippen molar-refractivity contribution in [2.45, 2.75) is 25.8 Å². The minimum atomic E-state index is 0.194. The molecule has 2 heterocycles. The number of aromatic amines is 1. The Balaban J connectivity index is 2.33. The highest BCUT2D eigenvalue weighted by molar-refractivity contribution is 9.10. The van der Waals surface area contributed by atoms with Crippen LogP contribution in [0.25, 0.3) is 10.9 Å². The molecule has 0 aliphatic carbocycles. The molecule has 16 heavy (non-hydrogen) atoms. The van der Waals surface area contributed by atoms with Crippen LogP contribution < -0.4 is 5.32 Å². The van der Waals surface area contributed by atoms with E-state index in [0.717, 1.165) is 17.6 Å². The Kier molecular flexibility index (Phi) is 2.17.